The van der Waals surface area contributed by atoms with Gasteiger partial charge in [0.2, 0.25) is 0 Å². The van der Waals surface area contributed by atoms with Gasteiger partial charge in [0.05, 0.1) is 10.6 Å². The topological polar surface area (TPSA) is 125 Å². The van der Waals surface area contributed by atoms with Gasteiger partial charge in [0.15, 0.2) is 11.5 Å². The van der Waals surface area contributed by atoms with Crippen LogP contribution in [0.25, 0.3) is 11.4 Å². The molecular weight excluding hydrogens is 364 g/mol. The van der Waals surface area contributed by atoms with Crippen molar-refractivity contribution in [1.82, 2.24) is 20.0 Å². The first kappa shape index (κ1) is 19.0. The largest absolute Gasteiger partial charge is 0.441 e. The summed E-state index contributed by atoms with van der Waals surface area (Å²) in [6, 6.07) is 12.1. The summed E-state index contributed by atoms with van der Waals surface area (Å²) in [5, 5.41) is 21.5. The predicted octanol–water partition coefficient (Wildman–Crippen LogP) is 3.40. The van der Waals surface area contributed by atoms with Gasteiger partial charge in [0, 0.05) is 13.1 Å². The Bertz CT molecular complexity index is 1020. The van der Waals surface area contributed by atoms with Gasteiger partial charge in [-0.15, -0.1) is 5.10 Å². The van der Waals surface area contributed by atoms with Crippen LogP contribution in [0.1, 0.15) is 24.3 Å². The number of pyridine rings is 1. The van der Waals surface area contributed by atoms with E-state index in [9.17, 15) is 14.9 Å². The average Bonchev–Trinajstić information content (AvgIpc) is 3.02. The number of carbonyl (C=O) groups is 1. The molecule has 0 bridgehead atoms. The van der Waals surface area contributed by atoms with Crippen molar-refractivity contribution in [2.45, 2.75) is 20.0 Å². The van der Waals surface area contributed by atoms with E-state index < -0.39 is 17.1 Å². The number of aromatic nitrogens is 4. The van der Waals surface area contributed by atoms with E-state index in [-0.39, 0.29) is 22.9 Å². The Hall–Kier alpha value is -3.82. The molecule has 3 rings (SSSR count). The monoisotopic (exact) mass is 382 g/mol. The van der Waals surface area contributed by atoms with E-state index in [4.69, 9.17) is 4.74 Å². The molecule has 2 heterocycles. The Morgan fingerprint density at radius 2 is 1.96 bits per heavy atom. The van der Waals surface area contributed by atoms with E-state index in [1.54, 1.807) is 14.0 Å². The second kappa shape index (κ2) is 7.82. The Morgan fingerprint density at radius 3 is 2.61 bits per heavy atom. The Morgan fingerprint density at radius 1 is 1.25 bits per heavy atom. The Labute approximate surface area is 160 Å². The fourth-order valence-corrected chi connectivity index (χ4v) is 2.63. The van der Waals surface area contributed by atoms with Crippen molar-refractivity contribution in [3.05, 3.63) is 63.8 Å². The molecule has 1 unspecified atom stereocenters. The molecular formula is C18H18N6O4. The third-order valence-electron chi connectivity index (χ3n) is 4.10. The van der Waals surface area contributed by atoms with Gasteiger partial charge in [-0.25, -0.2) is 14.5 Å². The molecule has 0 saturated carbocycles. The minimum Gasteiger partial charge on any atom is -0.441 e. The van der Waals surface area contributed by atoms with Crippen molar-refractivity contribution in [3.8, 4) is 11.4 Å². The zero-order valence-corrected chi connectivity index (χ0v) is 15.5. The van der Waals surface area contributed by atoms with E-state index in [1.807, 2.05) is 30.3 Å². The summed E-state index contributed by atoms with van der Waals surface area (Å²) >= 11 is 0. The lowest BCUT2D eigenvalue weighted by molar-refractivity contribution is -0.385. The first-order valence-electron chi connectivity index (χ1n) is 8.41. The summed E-state index contributed by atoms with van der Waals surface area (Å²) in [4.78, 5) is 27.0. The van der Waals surface area contributed by atoms with E-state index in [2.05, 4.69) is 20.6 Å². The fourth-order valence-electron chi connectivity index (χ4n) is 2.63. The summed E-state index contributed by atoms with van der Waals surface area (Å²) in [5.74, 6) is 0.269. The molecule has 3 aromatic rings. The second-order valence-electron chi connectivity index (χ2n) is 6.05. The highest BCUT2D eigenvalue weighted by atomic mass is 16.6. The summed E-state index contributed by atoms with van der Waals surface area (Å²) in [7, 11) is 1.60. The summed E-state index contributed by atoms with van der Waals surface area (Å²) in [6.07, 6.45) is -1.13. The van der Waals surface area contributed by atoms with Crippen molar-refractivity contribution in [2.24, 2.45) is 7.05 Å². The van der Waals surface area contributed by atoms with Crippen LogP contribution >= 0.6 is 0 Å². The van der Waals surface area contributed by atoms with Crippen LogP contribution in [-0.4, -0.2) is 31.0 Å². The third-order valence-corrected chi connectivity index (χ3v) is 4.10. The predicted molar refractivity (Wildman–Crippen MR) is 101 cm³/mol. The van der Waals surface area contributed by atoms with Crippen molar-refractivity contribution in [2.75, 3.05) is 5.32 Å². The lowest BCUT2D eigenvalue weighted by Gasteiger charge is -2.14. The molecule has 0 aliphatic carbocycles. The standard InChI is InChI=1S/C18H18N6O4/c1-11-15(24(26)27)10-9-14(19-11)16-17(23(3)22-21-16)20-18(25)28-12(2)13-7-5-4-6-8-13/h4-10,12H,1-3H3,(H,20,25). The minimum absolute atomic E-state index is 0.0988. The summed E-state index contributed by atoms with van der Waals surface area (Å²) in [6.45, 7) is 3.29. The number of aryl methyl sites for hydroxylation is 2. The SMILES string of the molecule is Cc1nc(-c2nnn(C)c2NC(=O)OC(C)c2ccccc2)ccc1[N+](=O)[O-]. The number of amides is 1. The van der Waals surface area contributed by atoms with Gasteiger partial charge in [0.25, 0.3) is 5.69 Å². The number of anilines is 1. The molecule has 28 heavy (non-hydrogen) atoms. The maximum atomic E-state index is 12.3. The molecule has 0 saturated heterocycles. The van der Waals surface area contributed by atoms with Crippen LogP contribution in [0.5, 0.6) is 0 Å². The number of hydrogen-bond donors (Lipinski definition) is 1. The molecule has 1 amide bonds. The van der Waals surface area contributed by atoms with Gasteiger partial charge < -0.3 is 4.74 Å². The molecule has 10 heteroatoms. The second-order valence-corrected chi connectivity index (χ2v) is 6.05. The smallest absolute Gasteiger partial charge is 0.413 e. The number of nitro groups is 1. The molecule has 0 fully saturated rings. The molecule has 1 atom stereocenters. The van der Waals surface area contributed by atoms with Crippen LogP contribution in [-0.2, 0) is 11.8 Å². The van der Waals surface area contributed by atoms with Crippen LogP contribution in [0.3, 0.4) is 0 Å². The quantitative estimate of drug-likeness (QED) is 0.529. The number of ether oxygens (including phenoxy) is 1. The average molecular weight is 382 g/mol. The number of nitrogens with one attached hydrogen (secondary N) is 1. The highest BCUT2D eigenvalue weighted by molar-refractivity contribution is 5.88. The highest BCUT2D eigenvalue weighted by Gasteiger charge is 2.21. The first-order chi connectivity index (χ1) is 13.4. The van der Waals surface area contributed by atoms with Gasteiger partial charge in [0.1, 0.15) is 11.8 Å². The van der Waals surface area contributed by atoms with Gasteiger partial charge in [-0.2, -0.15) is 0 Å². The van der Waals surface area contributed by atoms with Crippen LogP contribution in [0.2, 0.25) is 0 Å². The molecule has 1 aromatic carbocycles. The number of hydrogen-bond acceptors (Lipinski definition) is 7. The molecule has 144 valence electrons. The maximum absolute atomic E-state index is 12.3. The van der Waals surface area contributed by atoms with E-state index >= 15 is 0 Å². The summed E-state index contributed by atoms with van der Waals surface area (Å²) in [5.41, 5.74) is 1.62. The van der Waals surface area contributed by atoms with Crippen LogP contribution in [0.4, 0.5) is 16.3 Å². The third kappa shape index (κ3) is 3.95. The number of rotatable bonds is 5. The van der Waals surface area contributed by atoms with Crippen molar-refractivity contribution >= 4 is 17.6 Å². The van der Waals surface area contributed by atoms with Crippen molar-refractivity contribution in [3.63, 3.8) is 0 Å². The normalized spacial score (nSPS) is 11.7. The zero-order chi connectivity index (χ0) is 20.3. The van der Waals surface area contributed by atoms with Crippen LogP contribution in [0.15, 0.2) is 42.5 Å². The molecule has 0 radical (unpaired) electrons. The molecule has 0 aliphatic heterocycles. The number of carbonyl (C=O) groups excluding carboxylic acids is 1. The molecule has 10 nitrogen and oxygen atoms in total. The van der Waals surface area contributed by atoms with Gasteiger partial charge in [-0.05, 0) is 25.5 Å². The van der Waals surface area contributed by atoms with E-state index in [0.29, 0.717) is 5.69 Å². The van der Waals surface area contributed by atoms with Crippen LogP contribution < -0.4 is 5.32 Å². The van der Waals surface area contributed by atoms with Gasteiger partial charge >= 0.3 is 6.09 Å². The van der Waals surface area contributed by atoms with Crippen molar-refractivity contribution < 1.29 is 14.5 Å². The van der Waals surface area contributed by atoms with Crippen molar-refractivity contribution in [1.29, 1.82) is 0 Å². The molecule has 0 spiro atoms. The molecule has 2 aromatic heterocycles. The Balaban J connectivity index is 1.80. The highest BCUT2D eigenvalue weighted by Crippen LogP contribution is 2.27. The molecule has 0 aliphatic rings. The summed E-state index contributed by atoms with van der Waals surface area (Å²) < 4.78 is 6.76. The Kier molecular flexibility index (Phi) is 5.30. The maximum Gasteiger partial charge on any atom is 0.413 e. The lowest BCUT2D eigenvalue weighted by Crippen LogP contribution is -2.18. The number of benzene rings is 1. The van der Waals surface area contributed by atoms with Crippen LogP contribution in [0, 0.1) is 17.0 Å². The minimum atomic E-state index is -0.679. The lowest BCUT2D eigenvalue weighted by atomic mass is 10.1. The first-order valence-corrected chi connectivity index (χ1v) is 8.41. The van der Waals surface area contributed by atoms with E-state index in [1.165, 1.54) is 23.7 Å². The van der Waals surface area contributed by atoms with Gasteiger partial charge in [-0.1, -0.05) is 35.5 Å². The van der Waals surface area contributed by atoms with Gasteiger partial charge in [-0.3, -0.25) is 15.4 Å². The fraction of sp³-hybridized carbons (Fsp3) is 0.222. The number of nitrogens with zero attached hydrogens (tertiary/aromatic N) is 5. The van der Waals surface area contributed by atoms with E-state index in [0.717, 1.165) is 5.56 Å². The molecule has 1 N–H and O–H groups in total. The zero-order valence-electron chi connectivity index (χ0n) is 15.5.